The van der Waals surface area contributed by atoms with Crippen LogP contribution in [0, 0.1) is 0 Å². The molecule has 1 atom stereocenters. The van der Waals surface area contributed by atoms with Crippen molar-refractivity contribution in [1.29, 1.82) is 0 Å². The number of unbranched alkanes of at least 4 members (excludes halogenated alkanes) is 1. The molecule has 1 N–H and O–H groups in total. The molecule has 96 valence electrons. The van der Waals surface area contributed by atoms with Crippen molar-refractivity contribution < 1.29 is 14.3 Å². The summed E-state index contributed by atoms with van der Waals surface area (Å²) in [5.74, 6) is 0.410. The molecule has 1 aromatic carbocycles. The Morgan fingerprint density at radius 1 is 1.50 bits per heavy atom. The minimum Gasteiger partial charge on any atom is -0.478 e. The number of nitrogens with one attached hydrogen (secondary N) is 1. The van der Waals surface area contributed by atoms with E-state index < -0.39 is 11.3 Å². The molecule has 18 heavy (non-hydrogen) atoms. The quantitative estimate of drug-likeness (QED) is 0.854. The van der Waals surface area contributed by atoms with Crippen LogP contribution in [0.15, 0.2) is 18.2 Å². The number of rotatable bonds is 4. The second-order valence-electron chi connectivity index (χ2n) is 4.22. The zero-order chi connectivity index (χ0) is 13.1. The van der Waals surface area contributed by atoms with Gasteiger partial charge in [0.05, 0.1) is 5.69 Å². The number of benzene rings is 1. The maximum Gasteiger partial charge on any atom is 0.265 e. The van der Waals surface area contributed by atoms with Gasteiger partial charge in [-0.05, 0) is 42.6 Å². The number of ether oxygens (including phenoxy) is 1. The van der Waals surface area contributed by atoms with E-state index in [4.69, 9.17) is 16.3 Å². The van der Waals surface area contributed by atoms with Gasteiger partial charge in [-0.2, -0.15) is 0 Å². The van der Waals surface area contributed by atoms with Crippen molar-refractivity contribution in [2.75, 3.05) is 5.32 Å². The Bertz CT molecular complexity index is 487. The van der Waals surface area contributed by atoms with Crippen molar-refractivity contribution in [3.63, 3.8) is 0 Å². The fourth-order valence-electron chi connectivity index (χ4n) is 1.85. The lowest BCUT2D eigenvalue weighted by Crippen LogP contribution is -2.36. The Hall–Kier alpha value is -1.55. The van der Waals surface area contributed by atoms with E-state index in [2.05, 4.69) is 12.2 Å². The maximum atomic E-state index is 11.8. The predicted octanol–water partition coefficient (Wildman–Crippen LogP) is 2.96. The molecule has 0 radical (unpaired) electrons. The van der Waals surface area contributed by atoms with E-state index in [1.807, 2.05) is 0 Å². The summed E-state index contributed by atoms with van der Waals surface area (Å²) in [7, 11) is 0. The lowest BCUT2D eigenvalue weighted by Gasteiger charge is -2.26. The fraction of sp³-hybridized carbons (Fsp3) is 0.385. The Morgan fingerprint density at radius 2 is 2.28 bits per heavy atom. The number of carbonyl (C=O) groups is 2. The van der Waals surface area contributed by atoms with Gasteiger partial charge in [0.15, 0.2) is 6.10 Å². The van der Waals surface area contributed by atoms with Crippen molar-refractivity contribution in [3.8, 4) is 5.75 Å². The van der Waals surface area contributed by atoms with Crippen LogP contribution >= 0.6 is 11.6 Å². The normalized spacial score (nSPS) is 17.7. The highest BCUT2D eigenvalue weighted by atomic mass is 35.5. The van der Waals surface area contributed by atoms with Crippen LogP contribution in [-0.2, 0) is 4.79 Å². The Labute approximate surface area is 110 Å². The summed E-state index contributed by atoms with van der Waals surface area (Å²) in [4.78, 5) is 22.8. The van der Waals surface area contributed by atoms with Gasteiger partial charge in [0, 0.05) is 5.56 Å². The second-order valence-corrected chi connectivity index (χ2v) is 4.57. The molecule has 1 heterocycles. The fourth-order valence-corrected chi connectivity index (χ4v) is 1.97. The lowest BCUT2D eigenvalue weighted by molar-refractivity contribution is -0.123. The van der Waals surface area contributed by atoms with Gasteiger partial charge in [-0.1, -0.05) is 13.3 Å². The molecule has 1 amide bonds. The number of anilines is 1. The van der Waals surface area contributed by atoms with Crippen molar-refractivity contribution in [1.82, 2.24) is 0 Å². The van der Waals surface area contributed by atoms with E-state index in [0.29, 0.717) is 23.4 Å². The third-order valence-electron chi connectivity index (χ3n) is 2.85. The molecule has 0 saturated heterocycles. The van der Waals surface area contributed by atoms with Gasteiger partial charge < -0.3 is 10.1 Å². The minimum absolute atomic E-state index is 0.171. The first-order chi connectivity index (χ1) is 8.61. The van der Waals surface area contributed by atoms with Gasteiger partial charge >= 0.3 is 0 Å². The molecule has 0 saturated carbocycles. The van der Waals surface area contributed by atoms with Crippen molar-refractivity contribution in [2.45, 2.75) is 32.3 Å². The van der Waals surface area contributed by atoms with Crippen LogP contribution in [0.25, 0.3) is 0 Å². The SMILES string of the molecule is CCCCC1Oc2ccc(C(=O)Cl)cc2NC1=O. The van der Waals surface area contributed by atoms with Crippen LogP contribution in [0.2, 0.25) is 0 Å². The lowest BCUT2D eigenvalue weighted by atomic mass is 10.1. The molecule has 0 fully saturated rings. The molecule has 1 aliphatic rings. The summed E-state index contributed by atoms with van der Waals surface area (Å²) in [6.45, 7) is 2.06. The van der Waals surface area contributed by atoms with E-state index in [1.54, 1.807) is 12.1 Å². The Kier molecular flexibility index (Phi) is 3.87. The highest BCUT2D eigenvalue weighted by molar-refractivity contribution is 6.67. The average molecular weight is 268 g/mol. The van der Waals surface area contributed by atoms with E-state index in [0.717, 1.165) is 12.8 Å². The van der Waals surface area contributed by atoms with Crippen molar-refractivity contribution in [2.24, 2.45) is 0 Å². The van der Waals surface area contributed by atoms with Gasteiger partial charge in [0.25, 0.3) is 11.1 Å². The summed E-state index contributed by atoms with van der Waals surface area (Å²) in [5, 5.41) is 2.18. The molecule has 0 spiro atoms. The highest BCUT2D eigenvalue weighted by Crippen LogP contribution is 2.32. The third-order valence-corrected chi connectivity index (χ3v) is 3.06. The summed E-state index contributed by atoms with van der Waals surface area (Å²) in [5.41, 5.74) is 0.838. The van der Waals surface area contributed by atoms with Crippen LogP contribution in [-0.4, -0.2) is 17.3 Å². The van der Waals surface area contributed by atoms with E-state index in [1.165, 1.54) is 6.07 Å². The highest BCUT2D eigenvalue weighted by Gasteiger charge is 2.27. The molecular formula is C13H14ClNO3. The number of amides is 1. The van der Waals surface area contributed by atoms with Crippen molar-refractivity contribution in [3.05, 3.63) is 23.8 Å². The van der Waals surface area contributed by atoms with Crippen molar-refractivity contribution >= 4 is 28.4 Å². The second kappa shape index (κ2) is 5.40. The largest absolute Gasteiger partial charge is 0.478 e. The van der Waals surface area contributed by atoms with Gasteiger partial charge in [0.1, 0.15) is 5.75 Å². The van der Waals surface area contributed by atoms with Gasteiger partial charge in [-0.25, -0.2) is 0 Å². The number of halogens is 1. The summed E-state index contributed by atoms with van der Waals surface area (Å²) in [6.07, 6.45) is 2.19. The van der Waals surface area contributed by atoms with Gasteiger partial charge in [-0.15, -0.1) is 0 Å². The monoisotopic (exact) mass is 267 g/mol. The van der Waals surface area contributed by atoms with Gasteiger partial charge in [-0.3, -0.25) is 9.59 Å². The minimum atomic E-state index is -0.555. The first kappa shape index (κ1) is 12.9. The molecule has 0 bridgehead atoms. The third kappa shape index (κ3) is 2.64. The van der Waals surface area contributed by atoms with Crippen LogP contribution in [0.1, 0.15) is 36.5 Å². The first-order valence-electron chi connectivity index (χ1n) is 5.93. The zero-order valence-electron chi connectivity index (χ0n) is 10.0. The summed E-state index contributed by atoms with van der Waals surface area (Å²) in [6, 6.07) is 4.77. The topological polar surface area (TPSA) is 55.4 Å². The molecular weight excluding hydrogens is 254 g/mol. The standard InChI is InChI=1S/C13H14ClNO3/c1-2-3-4-11-13(17)15-9-7-8(12(14)16)5-6-10(9)18-11/h5-7,11H,2-4H2,1H3,(H,15,17). The molecule has 1 aromatic rings. The molecule has 5 heteroatoms. The maximum absolute atomic E-state index is 11.8. The average Bonchev–Trinajstić information content (AvgIpc) is 2.35. The number of fused-ring (bicyclic) bond motifs is 1. The summed E-state index contributed by atoms with van der Waals surface area (Å²) < 4.78 is 5.61. The number of carbonyl (C=O) groups excluding carboxylic acids is 2. The number of hydrogen-bond acceptors (Lipinski definition) is 3. The van der Waals surface area contributed by atoms with E-state index >= 15 is 0 Å². The van der Waals surface area contributed by atoms with Crippen LogP contribution in [0.3, 0.4) is 0 Å². The van der Waals surface area contributed by atoms with Crippen LogP contribution in [0.4, 0.5) is 5.69 Å². The van der Waals surface area contributed by atoms with Crippen LogP contribution < -0.4 is 10.1 Å². The first-order valence-corrected chi connectivity index (χ1v) is 6.31. The molecule has 0 aromatic heterocycles. The smallest absolute Gasteiger partial charge is 0.265 e. The molecule has 2 rings (SSSR count). The zero-order valence-corrected chi connectivity index (χ0v) is 10.8. The van der Waals surface area contributed by atoms with Gasteiger partial charge in [0.2, 0.25) is 0 Å². The van der Waals surface area contributed by atoms with E-state index in [-0.39, 0.29) is 5.91 Å². The Morgan fingerprint density at radius 3 is 2.94 bits per heavy atom. The summed E-state index contributed by atoms with van der Waals surface area (Å²) >= 11 is 5.39. The molecule has 1 aliphatic heterocycles. The van der Waals surface area contributed by atoms with E-state index in [9.17, 15) is 9.59 Å². The molecule has 0 aliphatic carbocycles. The van der Waals surface area contributed by atoms with Crippen LogP contribution in [0.5, 0.6) is 5.75 Å². The number of hydrogen-bond donors (Lipinski definition) is 1. The molecule has 1 unspecified atom stereocenters. The Balaban J connectivity index is 2.20. The molecule has 4 nitrogen and oxygen atoms in total. The predicted molar refractivity (Wildman–Crippen MR) is 69.2 cm³/mol.